The largest absolute Gasteiger partial charge is 0.504 e. The maximum absolute atomic E-state index is 9.89. The van der Waals surface area contributed by atoms with Crippen LogP contribution in [0.5, 0.6) is 23.0 Å². The Kier molecular flexibility index (Phi) is 7.51. The number of phenols is 1. The molecule has 167 valence electrons. The van der Waals surface area contributed by atoms with E-state index < -0.39 is 0 Å². The van der Waals surface area contributed by atoms with Gasteiger partial charge < -0.3 is 19.3 Å². The van der Waals surface area contributed by atoms with Gasteiger partial charge >= 0.3 is 0 Å². The Morgan fingerprint density at radius 3 is 2.53 bits per heavy atom. The Balaban J connectivity index is 1.49. The molecule has 0 atom stereocenters. The van der Waals surface area contributed by atoms with Crippen molar-refractivity contribution in [2.24, 2.45) is 0 Å². The van der Waals surface area contributed by atoms with Crippen molar-refractivity contribution in [3.05, 3.63) is 83.4 Å². The Morgan fingerprint density at radius 2 is 1.75 bits per heavy atom. The van der Waals surface area contributed by atoms with Gasteiger partial charge in [-0.25, -0.2) is 0 Å². The van der Waals surface area contributed by atoms with E-state index in [2.05, 4.69) is 11.0 Å². The average molecular weight is 433 g/mol. The summed E-state index contributed by atoms with van der Waals surface area (Å²) in [6.45, 7) is 4.34. The van der Waals surface area contributed by atoms with Crippen molar-refractivity contribution in [1.82, 2.24) is 4.90 Å². The summed E-state index contributed by atoms with van der Waals surface area (Å²) in [7, 11) is 1.55. The van der Waals surface area contributed by atoms with Gasteiger partial charge in [-0.05, 0) is 61.3 Å². The molecule has 0 amide bonds. The lowest BCUT2D eigenvalue weighted by molar-refractivity contribution is 0.235. The summed E-state index contributed by atoms with van der Waals surface area (Å²) in [5.74, 6) is 2.10. The SMILES string of the molecule is COc1cc(Cc2[c]cc(OCc3ccccc3)cc2OCCN2CCCC2)ccc1O. The molecule has 32 heavy (non-hydrogen) atoms. The first-order chi connectivity index (χ1) is 15.7. The van der Waals surface area contributed by atoms with E-state index in [1.807, 2.05) is 54.6 Å². The third-order valence-electron chi connectivity index (χ3n) is 5.70. The number of benzene rings is 3. The Morgan fingerprint density at radius 1 is 0.938 bits per heavy atom. The molecule has 0 bridgehead atoms. The summed E-state index contributed by atoms with van der Waals surface area (Å²) in [4.78, 5) is 2.43. The van der Waals surface area contributed by atoms with Gasteiger partial charge in [-0.2, -0.15) is 0 Å². The molecular weight excluding hydrogens is 402 g/mol. The van der Waals surface area contributed by atoms with Crippen LogP contribution in [0.2, 0.25) is 0 Å². The lowest BCUT2D eigenvalue weighted by atomic mass is 10.0. The van der Waals surface area contributed by atoms with Crippen LogP contribution in [0.4, 0.5) is 0 Å². The van der Waals surface area contributed by atoms with Crippen molar-refractivity contribution >= 4 is 0 Å². The Bertz CT molecular complexity index is 1000. The van der Waals surface area contributed by atoms with Crippen LogP contribution in [0.25, 0.3) is 0 Å². The van der Waals surface area contributed by atoms with Crippen LogP contribution in [0.3, 0.4) is 0 Å². The molecule has 1 radical (unpaired) electrons. The summed E-state index contributed by atoms with van der Waals surface area (Å²) in [5, 5.41) is 9.89. The second kappa shape index (κ2) is 10.9. The number of hydrogen-bond acceptors (Lipinski definition) is 5. The third-order valence-corrected chi connectivity index (χ3v) is 5.70. The highest BCUT2D eigenvalue weighted by Gasteiger charge is 2.13. The number of rotatable bonds is 10. The molecule has 4 rings (SSSR count). The zero-order valence-corrected chi connectivity index (χ0v) is 18.5. The quantitative estimate of drug-likeness (QED) is 0.497. The molecule has 1 fully saturated rings. The van der Waals surface area contributed by atoms with Gasteiger partial charge in [0.05, 0.1) is 7.11 Å². The van der Waals surface area contributed by atoms with Crippen LogP contribution in [0, 0.1) is 6.07 Å². The predicted molar refractivity (Wildman–Crippen MR) is 125 cm³/mol. The highest BCUT2D eigenvalue weighted by atomic mass is 16.5. The third kappa shape index (κ3) is 5.95. The van der Waals surface area contributed by atoms with Gasteiger partial charge in [0.15, 0.2) is 11.5 Å². The number of phenolic OH excluding ortho intramolecular Hbond substituents is 1. The summed E-state index contributed by atoms with van der Waals surface area (Å²) in [6, 6.07) is 22.7. The van der Waals surface area contributed by atoms with E-state index in [1.165, 1.54) is 12.8 Å². The fourth-order valence-corrected chi connectivity index (χ4v) is 3.91. The van der Waals surface area contributed by atoms with Crippen molar-refractivity contribution in [3.8, 4) is 23.0 Å². The lowest BCUT2D eigenvalue weighted by Crippen LogP contribution is -2.25. The van der Waals surface area contributed by atoms with Gasteiger partial charge in [-0.3, -0.25) is 4.90 Å². The minimum absolute atomic E-state index is 0.131. The van der Waals surface area contributed by atoms with Gasteiger partial charge in [0.1, 0.15) is 24.7 Å². The zero-order chi connectivity index (χ0) is 22.2. The molecule has 1 N–H and O–H groups in total. The van der Waals surface area contributed by atoms with E-state index in [4.69, 9.17) is 14.2 Å². The molecule has 0 unspecified atom stereocenters. The summed E-state index contributed by atoms with van der Waals surface area (Å²) in [5.41, 5.74) is 3.08. The van der Waals surface area contributed by atoms with Crippen molar-refractivity contribution < 1.29 is 19.3 Å². The first kappa shape index (κ1) is 22.0. The normalized spacial score (nSPS) is 13.8. The van der Waals surface area contributed by atoms with Crippen LogP contribution < -0.4 is 14.2 Å². The van der Waals surface area contributed by atoms with Crippen molar-refractivity contribution in [3.63, 3.8) is 0 Å². The number of ether oxygens (including phenoxy) is 3. The maximum Gasteiger partial charge on any atom is 0.160 e. The molecule has 3 aromatic carbocycles. The van der Waals surface area contributed by atoms with Gasteiger partial charge in [-0.1, -0.05) is 36.4 Å². The predicted octanol–water partition coefficient (Wildman–Crippen LogP) is 4.85. The number of hydrogen-bond donors (Lipinski definition) is 1. The number of aromatic hydroxyl groups is 1. The summed E-state index contributed by atoms with van der Waals surface area (Å²) >= 11 is 0. The monoisotopic (exact) mass is 432 g/mol. The molecule has 3 aromatic rings. The number of likely N-dealkylation sites (tertiary alicyclic amines) is 1. The molecule has 1 heterocycles. The number of methoxy groups -OCH3 is 1. The van der Waals surface area contributed by atoms with Crippen molar-refractivity contribution in [2.45, 2.75) is 25.9 Å². The van der Waals surface area contributed by atoms with E-state index in [9.17, 15) is 5.11 Å². The van der Waals surface area contributed by atoms with E-state index in [0.29, 0.717) is 25.4 Å². The molecule has 1 saturated heterocycles. The van der Waals surface area contributed by atoms with Crippen molar-refractivity contribution in [2.75, 3.05) is 33.4 Å². The smallest absolute Gasteiger partial charge is 0.160 e. The maximum atomic E-state index is 9.89. The minimum Gasteiger partial charge on any atom is -0.504 e. The van der Waals surface area contributed by atoms with Crippen LogP contribution in [0.15, 0.2) is 60.7 Å². The van der Waals surface area contributed by atoms with E-state index >= 15 is 0 Å². The highest BCUT2D eigenvalue weighted by molar-refractivity contribution is 5.46. The summed E-state index contributed by atoms with van der Waals surface area (Å²) in [6.07, 6.45) is 3.16. The van der Waals surface area contributed by atoms with Crippen LogP contribution >= 0.6 is 0 Å². The minimum atomic E-state index is 0.131. The fraction of sp³-hybridized carbons (Fsp3) is 0.333. The first-order valence-corrected chi connectivity index (χ1v) is 11.1. The molecule has 0 aromatic heterocycles. The molecular formula is C27H30NO4. The fourth-order valence-electron chi connectivity index (χ4n) is 3.91. The molecule has 5 heteroatoms. The van der Waals surface area contributed by atoms with Gasteiger partial charge in [0, 0.05) is 24.6 Å². The second-order valence-electron chi connectivity index (χ2n) is 8.03. The molecule has 0 saturated carbocycles. The molecule has 5 nitrogen and oxygen atoms in total. The van der Waals surface area contributed by atoms with Crippen LogP contribution in [-0.4, -0.2) is 43.4 Å². The van der Waals surface area contributed by atoms with Gasteiger partial charge in [0.25, 0.3) is 0 Å². The Labute approximate surface area is 190 Å². The highest BCUT2D eigenvalue weighted by Crippen LogP contribution is 2.31. The van der Waals surface area contributed by atoms with Crippen LogP contribution in [-0.2, 0) is 13.0 Å². The first-order valence-electron chi connectivity index (χ1n) is 11.1. The van der Waals surface area contributed by atoms with Crippen LogP contribution in [0.1, 0.15) is 29.5 Å². The zero-order valence-electron chi connectivity index (χ0n) is 18.5. The molecule has 1 aliphatic rings. The van der Waals surface area contributed by atoms with Gasteiger partial charge in [-0.15, -0.1) is 0 Å². The number of nitrogens with zero attached hydrogens (tertiary/aromatic N) is 1. The molecule has 0 aliphatic carbocycles. The topological polar surface area (TPSA) is 51.2 Å². The lowest BCUT2D eigenvalue weighted by Gasteiger charge is -2.18. The molecule has 1 aliphatic heterocycles. The van der Waals surface area contributed by atoms with E-state index in [1.54, 1.807) is 13.2 Å². The Hall–Kier alpha value is -3.18. The van der Waals surface area contributed by atoms with E-state index in [0.717, 1.165) is 47.8 Å². The van der Waals surface area contributed by atoms with Gasteiger partial charge in [0.2, 0.25) is 0 Å². The molecule has 0 spiro atoms. The van der Waals surface area contributed by atoms with Crippen molar-refractivity contribution in [1.29, 1.82) is 0 Å². The summed E-state index contributed by atoms with van der Waals surface area (Å²) < 4.78 is 17.5. The standard InChI is InChI=1S/C27H30NO4/c1-30-27-18-22(9-12-25(27)29)17-23-10-11-24(32-20-21-7-3-2-4-8-21)19-26(23)31-16-15-28-13-5-6-14-28/h2-4,7-9,11-12,18-19,29H,5-6,13-17,20H2,1H3. The second-order valence-corrected chi connectivity index (χ2v) is 8.03. The van der Waals surface area contributed by atoms with E-state index in [-0.39, 0.29) is 5.75 Å². The average Bonchev–Trinajstić information content (AvgIpc) is 3.34.